The number of aromatic nitrogens is 2. The van der Waals surface area contributed by atoms with Crippen LogP contribution in [0.5, 0.6) is 0 Å². The molecule has 2 aliphatic heterocycles. The Bertz CT molecular complexity index is 755. The fraction of sp³-hybridized carbons (Fsp3) is 0.381. The molecule has 2 saturated heterocycles. The molecule has 3 heterocycles. The van der Waals surface area contributed by atoms with Crippen molar-refractivity contribution >= 4 is 29.9 Å². The van der Waals surface area contributed by atoms with Crippen LogP contribution in [-0.4, -0.2) is 42.4 Å². The molecule has 0 bridgehead atoms. The number of nitrogens with one attached hydrogen (secondary N) is 1. The zero-order valence-corrected chi connectivity index (χ0v) is 15.6. The van der Waals surface area contributed by atoms with Crippen LogP contribution in [0, 0.1) is 0 Å². The van der Waals surface area contributed by atoms with Crippen LogP contribution < -0.4 is 15.2 Å². The van der Waals surface area contributed by atoms with Gasteiger partial charge in [-0.25, -0.2) is 0 Å². The Morgan fingerprint density at radius 2 is 1.59 bits per heavy atom. The lowest BCUT2D eigenvalue weighted by atomic mass is 10.2. The van der Waals surface area contributed by atoms with Crippen LogP contribution in [0.2, 0.25) is 0 Å². The molecule has 1 aromatic carbocycles. The highest BCUT2D eigenvalue weighted by molar-refractivity contribution is 5.78. The third kappa shape index (κ3) is 4.64. The molecule has 6 heteroatoms. The summed E-state index contributed by atoms with van der Waals surface area (Å²) in [5, 5.41) is 4.30. The van der Waals surface area contributed by atoms with Gasteiger partial charge in [0.2, 0.25) is 5.95 Å². The van der Waals surface area contributed by atoms with E-state index in [1.165, 1.54) is 25.7 Å². The number of benzene rings is 1. The first kappa shape index (κ1) is 17.5. The molecule has 2 aliphatic rings. The van der Waals surface area contributed by atoms with Crippen molar-refractivity contribution in [2.24, 2.45) is 5.10 Å². The Morgan fingerprint density at radius 3 is 2.33 bits per heavy atom. The molecule has 0 unspecified atom stereocenters. The highest BCUT2D eigenvalue weighted by Gasteiger charge is 2.20. The van der Waals surface area contributed by atoms with Crippen molar-refractivity contribution in [2.45, 2.75) is 25.7 Å². The van der Waals surface area contributed by atoms with E-state index in [0.717, 1.165) is 49.3 Å². The van der Waals surface area contributed by atoms with E-state index >= 15 is 0 Å². The molecule has 1 aromatic heterocycles. The number of hydrazone groups is 1. The van der Waals surface area contributed by atoms with E-state index < -0.39 is 0 Å². The molecule has 6 nitrogen and oxygen atoms in total. The normalized spacial score (nSPS) is 17.5. The second kappa shape index (κ2) is 8.66. The Labute approximate surface area is 160 Å². The fourth-order valence-corrected chi connectivity index (χ4v) is 3.51. The molecular weight excluding hydrogens is 336 g/mol. The van der Waals surface area contributed by atoms with Crippen molar-refractivity contribution in [3.05, 3.63) is 48.0 Å². The molecule has 0 amide bonds. The summed E-state index contributed by atoms with van der Waals surface area (Å²) < 4.78 is 0. The van der Waals surface area contributed by atoms with Gasteiger partial charge in [0.05, 0.1) is 0 Å². The Morgan fingerprint density at radius 1 is 0.889 bits per heavy atom. The number of hydrogen-bond donors (Lipinski definition) is 1. The molecule has 140 valence electrons. The first-order chi connectivity index (χ1) is 13.4. The maximum absolute atomic E-state index is 4.82. The molecule has 2 fully saturated rings. The predicted octanol–water partition coefficient (Wildman–Crippen LogP) is 3.79. The molecule has 0 radical (unpaired) electrons. The molecule has 0 aliphatic carbocycles. The third-order valence-electron chi connectivity index (χ3n) is 4.95. The Balaban J connectivity index is 1.47. The van der Waals surface area contributed by atoms with E-state index in [2.05, 4.69) is 37.4 Å². The molecule has 0 atom stereocenters. The second-order valence-electron chi connectivity index (χ2n) is 6.96. The van der Waals surface area contributed by atoms with Gasteiger partial charge in [-0.1, -0.05) is 36.4 Å². The maximum Gasteiger partial charge on any atom is 0.229 e. The molecule has 4 rings (SSSR count). The van der Waals surface area contributed by atoms with Crippen molar-refractivity contribution < 1.29 is 0 Å². The number of nitrogens with zero attached hydrogens (tertiary/aromatic N) is 5. The Kier molecular flexibility index (Phi) is 5.62. The minimum Gasteiger partial charge on any atom is -0.356 e. The lowest BCUT2D eigenvalue weighted by molar-refractivity contribution is 0.871. The first-order valence-corrected chi connectivity index (χ1v) is 9.78. The van der Waals surface area contributed by atoms with Gasteiger partial charge in [0.25, 0.3) is 0 Å². The summed E-state index contributed by atoms with van der Waals surface area (Å²) in [5.74, 6) is 2.56. The van der Waals surface area contributed by atoms with Gasteiger partial charge in [0.1, 0.15) is 5.82 Å². The zero-order valence-electron chi connectivity index (χ0n) is 15.6. The summed E-state index contributed by atoms with van der Waals surface area (Å²) in [4.78, 5) is 14.1. The molecule has 0 saturated carbocycles. The van der Waals surface area contributed by atoms with Crippen molar-refractivity contribution in [2.75, 3.05) is 41.4 Å². The quantitative estimate of drug-likeness (QED) is 0.626. The number of allylic oxidation sites excluding steroid dienone is 1. The van der Waals surface area contributed by atoms with Crippen molar-refractivity contribution in [1.29, 1.82) is 0 Å². The van der Waals surface area contributed by atoms with Gasteiger partial charge in [-0.2, -0.15) is 15.1 Å². The minimum atomic E-state index is 0.748. The number of anilines is 3. The van der Waals surface area contributed by atoms with Crippen LogP contribution in [0.4, 0.5) is 17.6 Å². The predicted molar refractivity (Wildman–Crippen MR) is 113 cm³/mol. The highest BCUT2D eigenvalue weighted by atomic mass is 15.4. The van der Waals surface area contributed by atoms with Crippen molar-refractivity contribution in [3.8, 4) is 0 Å². The van der Waals surface area contributed by atoms with Gasteiger partial charge in [-0.05, 0) is 37.3 Å². The monoisotopic (exact) mass is 362 g/mol. The molecule has 1 N–H and O–H groups in total. The lowest BCUT2D eigenvalue weighted by Crippen LogP contribution is -2.24. The summed E-state index contributed by atoms with van der Waals surface area (Å²) >= 11 is 0. The standard InChI is InChI=1S/C21H26N6/c1-2-9-18(10-3-1)11-8-12-22-25-19-17-20(26-13-4-5-14-26)24-21(23-19)27-15-6-7-16-27/h1-3,8-12,17H,4-7,13-16H2,(H,23,24,25). The van der Waals surface area contributed by atoms with Gasteiger partial charge in [-0.3, -0.25) is 5.43 Å². The van der Waals surface area contributed by atoms with Crippen LogP contribution in [0.1, 0.15) is 31.2 Å². The molecule has 0 spiro atoms. The van der Waals surface area contributed by atoms with Gasteiger partial charge < -0.3 is 9.80 Å². The summed E-state index contributed by atoms with van der Waals surface area (Å²) in [7, 11) is 0. The van der Waals surface area contributed by atoms with E-state index in [1.807, 2.05) is 36.4 Å². The van der Waals surface area contributed by atoms with Crippen molar-refractivity contribution in [1.82, 2.24) is 9.97 Å². The van der Waals surface area contributed by atoms with Crippen LogP contribution in [0.3, 0.4) is 0 Å². The average Bonchev–Trinajstić information content (AvgIpc) is 3.42. The number of rotatable bonds is 6. The minimum absolute atomic E-state index is 0.748. The number of hydrogen-bond acceptors (Lipinski definition) is 6. The van der Waals surface area contributed by atoms with Crippen LogP contribution in [-0.2, 0) is 0 Å². The van der Waals surface area contributed by atoms with Gasteiger partial charge in [0.15, 0.2) is 5.82 Å². The fourth-order valence-electron chi connectivity index (χ4n) is 3.51. The van der Waals surface area contributed by atoms with E-state index in [1.54, 1.807) is 6.21 Å². The van der Waals surface area contributed by atoms with Crippen molar-refractivity contribution in [3.63, 3.8) is 0 Å². The van der Waals surface area contributed by atoms with E-state index in [0.29, 0.717) is 0 Å². The van der Waals surface area contributed by atoms with E-state index in [4.69, 9.17) is 4.98 Å². The van der Waals surface area contributed by atoms with Gasteiger partial charge in [-0.15, -0.1) is 0 Å². The largest absolute Gasteiger partial charge is 0.356 e. The highest BCUT2D eigenvalue weighted by Crippen LogP contribution is 2.25. The molecule has 2 aromatic rings. The summed E-state index contributed by atoms with van der Waals surface area (Å²) in [6.07, 6.45) is 10.6. The molecular formula is C21H26N6. The zero-order chi connectivity index (χ0) is 18.3. The van der Waals surface area contributed by atoms with E-state index in [9.17, 15) is 0 Å². The van der Waals surface area contributed by atoms with Crippen LogP contribution in [0.15, 0.2) is 47.6 Å². The van der Waals surface area contributed by atoms with Crippen LogP contribution >= 0.6 is 0 Å². The summed E-state index contributed by atoms with van der Waals surface area (Å²) in [5.41, 5.74) is 4.22. The summed E-state index contributed by atoms with van der Waals surface area (Å²) in [6, 6.07) is 12.2. The van der Waals surface area contributed by atoms with Gasteiger partial charge in [0, 0.05) is 38.5 Å². The van der Waals surface area contributed by atoms with Crippen LogP contribution in [0.25, 0.3) is 6.08 Å². The summed E-state index contributed by atoms with van der Waals surface area (Å²) in [6.45, 7) is 4.20. The molecule has 27 heavy (non-hydrogen) atoms. The second-order valence-corrected chi connectivity index (χ2v) is 6.96. The SMILES string of the molecule is C(=Cc1ccccc1)C=NNc1cc(N2CCCC2)nc(N2CCCC2)n1. The van der Waals surface area contributed by atoms with Gasteiger partial charge >= 0.3 is 0 Å². The Hall–Kier alpha value is -2.89. The smallest absolute Gasteiger partial charge is 0.229 e. The maximum atomic E-state index is 4.82. The average molecular weight is 362 g/mol. The lowest BCUT2D eigenvalue weighted by Gasteiger charge is -2.21. The topological polar surface area (TPSA) is 56.7 Å². The third-order valence-corrected chi connectivity index (χ3v) is 4.95. The van der Waals surface area contributed by atoms with E-state index in [-0.39, 0.29) is 0 Å². The first-order valence-electron chi connectivity index (χ1n) is 9.78.